The van der Waals surface area contributed by atoms with Gasteiger partial charge in [-0.1, -0.05) is 11.6 Å². The van der Waals surface area contributed by atoms with Gasteiger partial charge in [0.05, 0.1) is 5.02 Å². The lowest BCUT2D eigenvalue weighted by atomic mass is 10.1. The monoisotopic (exact) mass is 296 g/mol. The Hall–Kier alpha value is 0.470. The van der Waals surface area contributed by atoms with Crippen molar-refractivity contribution in [3.05, 3.63) is 31.2 Å². The summed E-state index contributed by atoms with van der Waals surface area (Å²) in [6.45, 7) is 4.10. The molecule has 0 saturated heterocycles. The highest BCUT2D eigenvalue weighted by Crippen LogP contribution is 2.34. The summed E-state index contributed by atoms with van der Waals surface area (Å²) in [7, 11) is 0. The van der Waals surface area contributed by atoms with Gasteiger partial charge in [0.15, 0.2) is 0 Å². The van der Waals surface area contributed by atoms with Crippen LogP contribution in [0.25, 0.3) is 0 Å². The zero-order valence-electron chi connectivity index (χ0n) is 6.21. The van der Waals surface area contributed by atoms with E-state index in [1.807, 2.05) is 13.0 Å². The Morgan fingerprint density at radius 3 is 2.36 bits per heavy atom. The summed E-state index contributed by atoms with van der Waals surface area (Å²) in [6.07, 6.45) is 0. The van der Waals surface area contributed by atoms with Crippen LogP contribution in [0.4, 0.5) is 0 Å². The van der Waals surface area contributed by atoms with E-state index < -0.39 is 0 Å². The molecule has 0 heterocycles. The molecule has 0 nitrogen and oxygen atoms in total. The Morgan fingerprint density at radius 2 is 1.82 bits per heavy atom. The Kier molecular flexibility index (Phi) is 3.01. The molecule has 0 amide bonds. The normalized spacial score (nSPS) is 10.3. The van der Waals surface area contributed by atoms with Crippen LogP contribution in [-0.2, 0) is 0 Å². The predicted molar refractivity (Wildman–Crippen MR) is 56.3 cm³/mol. The van der Waals surface area contributed by atoms with Crippen LogP contribution in [0.2, 0.25) is 5.02 Å². The molecule has 1 aromatic carbocycles. The molecule has 0 N–H and O–H groups in total. The molecule has 0 fully saturated rings. The molecule has 0 aliphatic carbocycles. The maximum Gasteiger partial charge on any atom is 0.0692 e. The van der Waals surface area contributed by atoms with Crippen molar-refractivity contribution < 1.29 is 0 Å². The van der Waals surface area contributed by atoms with Gasteiger partial charge in [-0.15, -0.1) is 0 Å². The molecular weight excluding hydrogens is 291 g/mol. The second kappa shape index (κ2) is 3.46. The SMILES string of the molecule is Cc1cc(Br)c(Cl)c(Br)c1C. The summed E-state index contributed by atoms with van der Waals surface area (Å²) in [5.74, 6) is 0. The fourth-order valence-corrected chi connectivity index (χ4v) is 2.33. The first kappa shape index (κ1) is 9.56. The minimum absolute atomic E-state index is 0.744. The summed E-state index contributed by atoms with van der Waals surface area (Å²) in [5.41, 5.74) is 2.42. The predicted octanol–water partition coefficient (Wildman–Crippen LogP) is 4.48. The van der Waals surface area contributed by atoms with Crippen LogP contribution in [0.5, 0.6) is 0 Å². The molecule has 0 spiro atoms. The minimum Gasteiger partial charge on any atom is -0.0819 e. The van der Waals surface area contributed by atoms with Crippen LogP contribution in [-0.4, -0.2) is 0 Å². The lowest BCUT2D eigenvalue weighted by molar-refractivity contribution is 1.30. The maximum absolute atomic E-state index is 5.96. The smallest absolute Gasteiger partial charge is 0.0692 e. The third-order valence-corrected chi connectivity index (χ3v) is 4.13. The van der Waals surface area contributed by atoms with E-state index in [1.54, 1.807) is 0 Å². The van der Waals surface area contributed by atoms with Crippen molar-refractivity contribution in [2.24, 2.45) is 0 Å². The van der Waals surface area contributed by atoms with Crippen LogP contribution in [0.3, 0.4) is 0 Å². The van der Waals surface area contributed by atoms with E-state index in [0.29, 0.717) is 0 Å². The number of hydrogen-bond acceptors (Lipinski definition) is 0. The van der Waals surface area contributed by atoms with Gasteiger partial charge in [0.25, 0.3) is 0 Å². The maximum atomic E-state index is 5.96. The number of rotatable bonds is 0. The molecular formula is C8H7Br2Cl. The van der Waals surface area contributed by atoms with E-state index in [-0.39, 0.29) is 0 Å². The Labute approximate surface area is 88.2 Å². The third kappa shape index (κ3) is 1.79. The van der Waals surface area contributed by atoms with Crippen molar-refractivity contribution in [1.82, 2.24) is 0 Å². The van der Waals surface area contributed by atoms with Gasteiger partial charge in [0.2, 0.25) is 0 Å². The highest BCUT2D eigenvalue weighted by molar-refractivity contribution is 9.11. The molecule has 0 aliphatic rings. The van der Waals surface area contributed by atoms with Crippen LogP contribution in [0.15, 0.2) is 15.0 Å². The summed E-state index contributed by atoms with van der Waals surface area (Å²) in [6, 6.07) is 2.02. The highest BCUT2D eigenvalue weighted by Gasteiger charge is 2.06. The molecule has 0 atom stereocenters. The van der Waals surface area contributed by atoms with Crippen molar-refractivity contribution in [1.29, 1.82) is 0 Å². The zero-order chi connectivity index (χ0) is 8.59. The first-order chi connectivity index (χ1) is 5.04. The van der Waals surface area contributed by atoms with E-state index in [0.717, 1.165) is 14.0 Å². The fourth-order valence-electron chi connectivity index (χ4n) is 0.804. The van der Waals surface area contributed by atoms with E-state index in [2.05, 4.69) is 38.8 Å². The molecule has 0 saturated carbocycles. The Morgan fingerprint density at radius 1 is 1.27 bits per heavy atom. The van der Waals surface area contributed by atoms with Crippen LogP contribution < -0.4 is 0 Å². The Bertz CT molecular complexity index is 268. The lowest BCUT2D eigenvalue weighted by Crippen LogP contribution is -1.84. The van der Waals surface area contributed by atoms with Gasteiger partial charge in [-0.3, -0.25) is 0 Å². The molecule has 1 rings (SSSR count). The molecule has 1 aromatic rings. The van der Waals surface area contributed by atoms with Gasteiger partial charge in [-0.25, -0.2) is 0 Å². The standard InChI is InChI=1S/C8H7Br2Cl/c1-4-3-6(9)8(11)7(10)5(4)2/h3H,1-2H3. The summed E-state index contributed by atoms with van der Waals surface area (Å²) >= 11 is 12.7. The first-order valence-corrected chi connectivity index (χ1v) is 5.11. The highest BCUT2D eigenvalue weighted by atomic mass is 79.9. The van der Waals surface area contributed by atoms with Crippen LogP contribution in [0.1, 0.15) is 11.1 Å². The van der Waals surface area contributed by atoms with Crippen molar-refractivity contribution in [3.8, 4) is 0 Å². The molecule has 0 aromatic heterocycles. The van der Waals surface area contributed by atoms with E-state index in [9.17, 15) is 0 Å². The number of benzene rings is 1. The fraction of sp³-hybridized carbons (Fsp3) is 0.250. The van der Waals surface area contributed by atoms with Gasteiger partial charge < -0.3 is 0 Å². The topological polar surface area (TPSA) is 0 Å². The van der Waals surface area contributed by atoms with Gasteiger partial charge in [-0.2, -0.15) is 0 Å². The van der Waals surface area contributed by atoms with Crippen molar-refractivity contribution in [3.63, 3.8) is 0 Å². The van der Waals surface area contributed by atoms with Crippen molar-refractivity contribution in [2.75, 3.05) is 0 Å². The van der Waals surface area contributed by atoms with Gasteiger partial charge in [0.1, 0.15) is 0 Å². The van der Waals surface area contributed by atoms with Crippen LogP contribution in [0, 0.1) is 13.8 Å². The van der Waals surface area contributed by atoms with Crippen molar-refractivity contribution >= 4 is 43.5 Å². The van der Waals surface area contributed by atoms with E-state index in [1.165, 1.54) is 11.1 Å². The summed E-state index contributed by atoms with van der Waals surface area (Å²) < 4.78 is 1.92. The second-order valence-electron chi connectivity index (χ2n) is 2.43. The first-order valence-electron chi connectivity index (χ1n) is 3.14. The van der Waals surface area contributed by atoms with Crippen molar-refractivity contribution in [2.45, 2.75) is 13.8 Å². The molecule has 0 unspecified atom stereocenters. The molecule has 60 valence electrons. The minimum atomic E-state index is 0.744. The average Bonchev–Trinajstić information content (AvgIpc) is 1.97. The van der Waals surface area contributed by atoms with Gasteiger partial charge >= 0.3 is 0 Å². The largest absolute Gasteiger partial charge is 0.0819 e. The lowest BCUT2D eigenvalue weighted by Gasteiger charge is -2.06. The quantitative estimate of drug-likeness (QED) is 0.619. The number of aryl methyl sites for hydroxylation is 1. The molecule has 3 heteroatoms. The van der Waals surface area contributed by atoms with Gasteiger partial charge in [0, 0.05) is 8.95 Å². The van der Waals surface area contributed by atoms with E-state index in [4.69, 9.17) is 11.6 Å². The van der Waals surface area contributed by atoms with E-state index >= 15 is 0 Å². The Balaban J connectivity index is 3.46. The van der Waals surface area contributed by atoms with Gasteiger partial charge in [-0.05, 0) is 62.9 Å². The average molecular weight is 298 g/mol. The molecule has 0 radical (unpaired) electrons. The van der Waals surface area contributed by atoms with Crippen LogP contribution >= 0.6 is 43.5 Å². The summed E-state index contributed by atoms with van der Waals surface area (Å²) in [4.78, 5) is 0. The summed E-state index contributed by atoms with van der Waals surface area (Å²) in [5, 5.41) is 0.744. The molecule has 0 aliphatic heterocycles. The number of halogens is 3. The second-order valence-corrected chi connectivity index (χ2v) is 4.45. The zero-order valence-corrected chi connectivity index (χ0v) is 10.1. The number of hydrogen-bond donors (Lipinski definition) is 0. The third-order valence-electron chi connectivity index (χ3n) is 1.67. The molecule has 11 heavy (non-hydrogen) atoms. The molecule has 0 bridgehead atoms.